The van der Waals surface area contributed by atoms with Gasteiger partial charge in [0.15, 0.2) is 0 Å². The molecule has 0 aliphatic heterocycles. The molecule has 0 saturated carbocycles. The fourth-order valence-electron chi connectivity index (χ4n) is 0.552. The minimum Gasteiger partial charge on any atom is -0.481 e. The number of carbonyl (C=O) groups is 2. The van der Waals surface area contributed by atoms with Crippen molar-refractivity contribution in [2.75, 3.05) is 5.33 Å². The summed E-state index contributed by atoms with van der Waals surface area (Å²) in [5, 5.41) is 17.3. The van der Waals surface area contributed by atoms with Gasteiger partial charge < -0.3 is 10.2 Å². The minimum absolute atomic E-state index is 0.0628. The first kappa shape index (κ1) is 17.8. The monoisotopic (exact) mass is 296 g/mol. The van der Waals surface area contributed by atoms with Crippen molar-refractivity contribution in [2.45, 2.75) is 46.5 Å². The number of rotatable bonds is 5. The first-order valence-electron chi connectivity index (χ1n) is 5.18. The zero-order chi connectivity index (χ0) is 13.2. The number of alkyl halides is 1. The van der Waals surface area contributed by atoms with Crippen LogP contribution in [-0.4, -0.2) is 27.5 Å². The molecule has 0 saturated heterocycles. The molecule has 2 N–H and O–H groups in total. The number of unbranched alkanes of at least 4 members (excludes halogenated alkanes) is 1. The summed E-state index contributed by atoms with van der Waals surface area (Å²) in [6.45, 7) is 6.59. The van der Waals surface area contributed by atoms with Crippen LogP contribution < -0.4 is 0 Å². The Morgan fingerprint density at radius 2 is 1.25 bits per heavy atom. The van der Waals surface area contributed by atoms with Gasteiger partial charge in [0.2, 0.25) is 0 Å². The van der Waals surface area contributed by atoms with Crippen LogP contribution in [0.15, 0.2) is 0 Å². The Labute approximate surface area is 105 Å². The quantitative estimate of drug-likeness (QED) is 0.604. The Kier molecular flexibility index (Phi) is 10.7. The van der Waals surface area contributed by atoms with Crippen LogP contribution in [-0.2, 0) is 9.59 Å². The lowest BCUT2D eigenvalue weighted by molar-refractivity contribution is -0.139. The second-order valence-electron chi connectivity index (χ2n) is 4.69. The number of hydrogen-bond donors (Lipinski definition) is 2. The van der Waals surface area contributed by atoms with E-state index in [0.29, 0.717) is 18.3 Å². The Morgan fingerprint density at radius 1 is 1.00 bits per heavy atom. The highest BCUT2D eigenvalue weighted by molar-refractivity contribution is 9.09. The van der Waals surface area contributed by atoms with Gasteiger partial charge in [-0.05, 0) is 18.3 Å². The van der Waals surface area contributed by atoms with Gasteiger partial charge in [-0.3, -0.25) is 9.59 Å². The second-order valence-corrected chi connectivity index (χ2v) is 5.25. The molecule has 5 heteroatoms. The van der Waals surface area contributed by atoms with Crippen LogP contribution in [0.3, 0.4) is 0 Å². The number of carboxylic acid groups (broad SMARTS) is 2. The summed E-state index contributed by atoms with van der Waals surface area (Å²) in [5.41, 5.74) is 0.458. The molecule has 0 aromatic rings. The van der Waals surface area contributed by atoms with Gasteiger partial charge in [-0.1, -0.05) is 36.7 Å². The van der Waals surface area contributed by atoms with Crippen molar-refractivity contribution < 1.29 is 19.8 Å². The van der Waals surface area contributed by atoms with E-state index in [2.05, 4.69) is 36.7 Å². The number of carboxylic acids is 2. The van der Waals surface area contributed by atoms with Crippen molar-refractivity contribution >= 4 is 27.9 Å². The molecule has 0 amide bonds. The maximum atomic E-state index is 9.90. The lowest BCUT2D eigenvalue weighted by Crippen LogP contribution is -2.04. The Balaban J connectivity index is 0. The highest BCUT2D eigenvalue weighted by atomic mass is 79.9. The predicted molar refractivity (Wildman–Crippen MR) is 67.0 cm³/mol. The van der Waals surface area contributed by atoms with E-state index in [9.17, 15) is 9.59 Å². The van der Waals surface area contributed by atoms with Gasteiger partial charge in [0.25, 0.3) is 0 Å². The van der Waals surface area contributed by atoms with Crippen LogP contribution in [0, 0.1) is 5.41 Å². The van der Waals surface area contributed by atoms with Gasteiger partial charge in [0.1, 0.15) is 0 Å². The Bertz CT molecular complexity index is 193. The third kappa shape index (κ3) is 23.3. The van der Waals surface area contributed by atoms with Gasteiger partial charge in [-0.15, -0.1) is 0 Å². The number of hydrogen-bond acceptors (Lipinski definition) is 2. The van der Waals surface area contributed by atoms with E-state index in [0.717, 1.165) is 5.33 Å². The van der Waals surface area contributed by atoms with Crippen LogP contribution in [0.2, 0.25) is 0 Å². The van der Waals surface area contributed by atoms with Gasteiger partial charge in [0, 0.05) is 18.2 Å². The van der Waals surface area contributed by atoms with Gasteiger partial charge in [-0.2, -0.15) is 0 Å². The zero-order valence-electron chi connectivity index (χ0n) is 10.1. The van der Waals surface area contributed by atoms with Crippen molar-refractivity contribution in [3.63, 3.8) is 0 Å². The molecular formula is C11H21BrO4. The number of aliphatic carboxylic acids is 2. The molecule has 0 aliphatic carbocycles. The molecule has 0 atom stereocenters. The van der Waals surface area contributed by atoms with Crippen molar-refractivity contribution in [1.29, 1.82) is 0 Å². The largest absolute Gasteiger partial charge is 0.481 e. The van der Waals surface area contributed by atoms with Crippen LogP contribution >= 0.6 is 15.9 Å². The summed E-state index contributed by atoms with van der Waals surface area (Å²) in [6, 6.07) is 0. The summed E-state index contributed by atoms with van der Waals surface area (Å²) >= 11 is 3.37. The average Bonchev–Trinajstić information content (AvgIpc) is 2.12. The molecule has 0 rings (SSSR count). The van der Waals surface area contributed by atoms with E-state index in [-0.39, 0.29) is 12.8 Å². The summed E-state index contributed by atoms with van der Waals surface area (Å²) in [7, 11) is 0. The van der Waals surface area contributed by atoms with E-state index in [1.54, 1.807) is 0 Å². The standard InChI is InChI=1S/C6H10O4.C5H11Br/c7-5(8)3-1-2-4-6(9)10;1-5(2,3)4-6/h1-4H2,(H,7,8)(H,9,10);4H2,1-3H3. The molecule has 0 unspecified atom stereocenters. The summed E-state index contributed by atoms with van der Waals surface area (Å²) in [5.74, 6) is -1.74. The Morgan fingerprint density at radius 3 is 1.38 bits per heavy atom. The molecule has 0 bridgehead atoms. The van der Waals surface area contributed by atoms with Gasteiger partial charge in [-0.25, -0.2) is 0 Å². The maximum absolute atomic E-state index is 9.90. The average molecular weight is 297 g/mol. The van der Waals surface area contributed by atoms with E-state index in [1.165, 1.54) is 0 Å². The third-order valence-electron chi connectivity index (χ3n) is 1.43. The van der Waals surface area contributed by atoms with Crippen molar-refractivity contribution in [3.05, 3.63) is 0 Å². The van der Waals surface area contributed by atoms with Gasteiger partial charge >= 0.3 is 11.9 Å². The van der Waals surface area contributed by atoms with Crippen molar-refractivity contribution in [1.82, 2.24) is 0 Å². The van der Waals surface area contributed by atoms with Gasteiger partial charge in [0.05, 0.1) is 0 Å². The fraction of sp³-hybridized carbons (Fsp3) is 0.818. The maximum Gasteiger partial charge on any atom is 0.303 e. The number of halogens is 1. The van der Waals surface area contributed by atoms with Crippen molar-refractivity contribution in [2.24, 2.45) is 5.41 Å². The molecule has 0 aromatic carbocycles. The van der Waals surface area contributed by atoms with Crippen molar-refractivity contribution in [3.8, 4) is 0 Å². The smallest absolute Gasteiger partial charge is 0.303 e. The highest BCUT2D eigenvalue weighted by Crippen LogP contribution is 2.14. The molecule has 0 heterocycles. The first-order valence-corrected chi connectivity index (χ1v) is 6.30. The SMILES string of the molecule is CC(C)(C)CBr.O=C(O)CCCCC(=O)O. The highest BCUT2D eigenvalue weighted by Gasteiger charge is 2.04. The topological polar surface area (TPSA) is 74.6 Å². The van der Waals surface area contributed by atoms with E-state index < -0.39 is 11.9 Å². The molecule has 0 fully saturated rings. The van der Waals surface area contributed by atoms with Crippen LogP contribution in [0.4, 0.5) is 0 Å². The lowest BCUT2D eigenvalue weighted by Gasteiger charge is -2.11. The molecular weight excluding hydrogens is 276 g/mol. The van der Waals surface area contributed by atoms with Crippen LogP contribution in [0.5, 0.6) is 0 Å². The predicted octanol–water partition coefficient (Wildman–Crippen LogP) is 3.14. The molecule has 4 nitrogen and oxygen atoms in total. The zero-order valence-corrected chi connectivity index (χ0v) is 11.7. The molecule has 96 valence electrons. The fourth-order valence-corrected chi connectivity index (χ4v) is 0.552. The van der Waals surface area contributed by atoms with E-state index in [4.69, 9.17) is 10.2 Å². The minimum atomic E-state index is -0.870. The first-order chi connectivity index (χ1) is 7.19. The lowest BCUT2D eigenvalue weighted by atomic mass is 10.0. The van der Waals surface area contributed by atoms with E-state index in [1.807, 2.05) is 0 Å². The van der Waals surface area contributed by atoms with Crippen LogP contribution in [0.1, 0.15) is 46.5 Å². The molecule has 0 radical (unpaired) electrons. The van der Waals surface area contributed by atoms with E-state index >= 15 is 0 Å². The second kappa shape index (κ2) is 9.63. The molecule has 16 heavy (non-hydrogen) atoms. The molecule has 0 spiro atoms. The van der Waals surface area contributed by atoms with Crippen LogP contribution in [0.25, 0.3) is 0 Å². The summed E-state index contributed by atoms with van der Waals surface area (Å²) < 4.78 is 0. The molecule has 0 aliphatic rings. The Hall–Kier alpha value is -0.580. The molecule has 0 aromatic heterocycles. The summed E-state index contributed by atoms with van der Waals surface area (Å²) in [6.07, 6.45) is 1.02. The normalized spacial score (nSPS) is 10.2. The summed E-state index contributed by atoms with van der Waals surface area (Å²) in [4.78, 5) is 19.8. The third-order valence-corrected chi connectivity index (χ3v) is 3.11.